The van der Waals surface area contributed by atoms with Crippen molar-refractivity contribution >= 4 is 0 Å². The van der Waals surface area contributed by atoms with Gasteiger partial charge in [0.1, 0.15) is 0 Å². The van der Waals surface area contributed by atoms with Gasteiger partial charge in [-0.05, 0) is 50.0 Å². The Balaban J connectivity index is 1.72. The van der Waals surface area contributed by atoms with Crippen LogP contribution in [-0.2, 0) is 0 Å². The van der Waals surface area contributed by atoms with Crippen LogP contribution in [0.5, 0.6) is 0 Å². The van der Waals surface area contributed by atoms with Crippen LogP contribution in [-0.4, -0.2) is 12.6 Å². The van der Waals surface area contributed by atoms with Crippen LogP contribution in [0.4, 0.5) is 0 Å². The Hall–Kier alpha value is -0.0400. The summed E-state index contributed by atoms with van der Waals surface area (Å²) in [6.45, 7) is 5.84. The lowest BCUT2D eigenvalue weighted by Gasteiger charge is -2.24. The minimum Gasteiger partial charge on any atom is -0.314 e. The SMILES string of the molecule is CCNC(CCC1CC1)C(C)C1CC1. The molecule has 0 aliphatic heterocycles. The molecule has 1 nitrogen and oxygen atoms in total. The highest BCUT2D eigenvalue weighted by molar-refractivity contribution is 4.87. The quantitative estimate of drug-likeness (QED) is 0.658. The highest BCUT2D eigenvalue weighted by Crippen LogP contribution is 2.40. The monoisotopic (exact) mass is 195 g/mol. The minimum atomic E-state index is 0.813. The van der Waals surface area contributed by atoms with Gasteiger partial charge in [0, 0.05) is 6.04 Å². The predicted octanol–water partition coefficient (Wildman–Crippen LogP) is 3.20. The molecule has 2 aliphatic carbocycles. The van der Waals surface area contributed by atoms with E-state index >= 15 is 0 Å². The fourth-order valence-electron chi connectivity index (χ4n) is 2.59. The highest BCUT2D eigenvalue weighted by atomic mass is 14.9. The van der Waals surface area contributed by atoms with E-state index in [-0.39, 0.29) is 0 Å². The lowest BCUT2D eigenvalue weighted by molar-refractivity contribution is 0.319. The number of nitrogens with one attached hydrogen (secondary N) is 1. The third-order valence-corrected chi connectivity index (χ3v) is 4.05. The molecule has 0 bridgehead atoms. The number of hydrogen-bond donors (Lipinski definition) is 1. The van der Waals surface area contributed by atoms with Gasteiger partial charge in [0.05, 0.1) is 0 Å². The number of rotatable bonds is 7. The zero-order valence-electron chi connectivity index (χ0n) is 9.76. The van der Waals surface area contributed by atoms with E-state index in [9.17, 15) is 0 Å². The lowest BCUT2D eigenvalue weighted by atomic mass is 9.92. The molecule has 0 heterocycles. The van der Waals surface area contributed by atoms with Gasteiger partial charge in [0.25, 0.3) is 0 Å². The molecular formula is C13H25N. The van der Waals surface area contributed by atoms with Crippen molar-refractivity contribution < 1.29 is 0 Å². The summed E-state index contributed by atoms with van der Waals surface area (Å²) in [6.07, 6.45) is 8.91. The van der Waals surface area contributed by atoms with E-state index in [4.69, 9.17) is 0 Å². The second kappa shape index (κ2) is 4.65. The van der Waals surface area contributed by atoms with Crippen molar-refractivity contribution in [3.05, 3.63) is 0 Å². The summed E-state index contributed by atoms with van der Waals surface area (Å²) in [7, 11) is 0. The van der Waals surface area contributed by atoms with E-state index < -0.39 is 0 Å². The Bertz CT molecular complexity index is 170. The summed E-state index contributed by atoms with van der Waals surface area (Å²) in [5, 5.41) is 3.69. The maximum atomic E-state index is 3.69. The second-order valence-corrected chi connectivity index (χ2v) is 5.38. The molecule has 2 unspecified atom stereocenters. The molecule has 0 aromatic heterocycles. The van der Waals surface area contributed by atoms with Gasteiger partial charge < -0.3 is 5.32 Å². The molecule has 2 rings (SSSR count). The standard InChI is InChI=1S/C13H25N/c1-3-14-13(9-6-11-4-5-11)10(2)12-7-8-12/h10-14H,3-9H2,1-2H3. The van der Waals surface area contributed by atoms with Crippen molar-refractivity contribution in [2.75, 3.05) is 6.54 Å². The maximum Gasteiger partial charge on any atom is 0.00953 e. The first-order valence-corrected chi connectivity index (χ1v) is 6.54. The van der Waals surface area contributed by atoms with Crippen LogP contribution in [0.15, 0.2) is 0 Å². The van der Waals surface area contributed by atoms with Gasteiger partial charge in [0.2, 0.25) is 0 Å². The zero-order chi connectivity index (χ0) is 9.97. The van der Waals surface area contributed by atoms with Crippen LogP contribution >= 0.6 is 0 Å². The maximum absolute atomic E-state index is 3.69. The largest absolute Gasteiger partial charge is 0.314 e. The van der Waals surface area contributed by atoms with Crippen LogP contribution < -0.4 is 5.32 Å². The number of hydrogen-bond acceptors (Lipinski definition) is 1. The minimum absolute atomic E-state index is 0.813. The van der Waals surface area contributed by atoms with Crippen molar-refractivity contribution in [3.63, 3.8) is 0 Å². The average molecular weight is 195 g/mol. The molecule has 0 spiro atoms. The van der Waals surface area contributed by atoms with Crippen LogP contribution in [0.25, 0.3) is 0 Å². The van der Waals surface area contributed by atoms with Gasteiger partial charge in [-0.2, -0.15) is 0 Å². The topological polar surface area (TPSA) is 12.0 Å². The molecule has 0 saturated heterocycles. The van der Waals surface area contributed by atoms with Gasteiger partial charge in [0.15, 0.2) is 0 Å². The van der Waals surface area contributed by atoms with E-state index in [2.05, 4.69) is 19.2 Å². The van der Waals surface area contributed by atoms with Crippen molar-refractivity contribution in [2.45, 2.75) is 58.4 Å². The summed E-state index contributed by atoms with van der Waals surface area (Å²) in [6, 6.07) is 0.813. The summed E-state index contributed by atoms with van der Waals surface area (Å²) in [4.78, 5) is 0. The Morgan fingerprint density at radius 3 is 2.43 bits per heavy atom. The van der Waals surface area contributed by atoms with E-state index in [1.165, 1.54) is 38.5 Å². The normalized spacial score (nSPS) is 26.1. The van der Waals surface area contributed by atoms with Crippen LogP contribution in [0.1, 0.15) is 52.4 Å². The molecule has 0 aromatic rings. The molecule has 82 valence electrons. The van der Waals surface area contributed by atoms with Gasteiger partial charge >= 0.3 is 0 Å². The molecule has 0 aromatic carbocycles. The fraction of sp³-hybridized carbons (Fsp3) is 1.00. The first-order chi connectivity index (χ1) is 6.81. The van der Waals surface area contributed by atoms with E-state index in [0.29, 0.717) is 0 Å². The van der Waals surface area contributed by atoms with Crippen LogP contribution in [0.2, 0.25) is 0 Å². The van der Waals surface area contributed by atoms with E-state index in [1.807, 2.05) is 0 Å². The Labute approximate surface area is 88.7 Å². The Morgan fingerprint density at radius 1 is 1.21 bits per heavy atom. The molecule has 0 radical (unpaired) electrons. The van der Waals surface area contributed by atoms with Crippen LogP contribution in [0, 0.1) is 17.8 Å². The molecule has 2 aliphatic rings. The van der Waals surface area contributed by atoms with Gasteiger partial charge in [-0.3, -0.25) is 0 Å². The Morgan fingerprint density at radius 2 is 1.93 bits per heavy atom. The first-order valence-electron chi connectivity index (χ1n) is 6.54. The molecule has 1 heteroatoms. The van der Waals surface area contributed by atoms with Gasteiger partial charge in [-0.25, -0.2) is 0 Å². The average Bonchev–Trinajstić information content (AvgIpc) is 3.05. The summed E-state index contributed by atoms with van der Waals surface area (Å²) in [5.41, 5.74) is 0. The fourth-order valence-corrected chi connectivity index (χ4v) is 2.59. The Kier molecular flexibility index (Phi) is 3.48. The molecule has 14 heavy (non-hydrogen) atoms. The molecular weight excluding hydrogens is 170 g/mol. The van der Waals surface area contributed by atoms with Crippen molar-refractivity contribution in [2.24, 2.45) is 17.8 Å². The molecule has 2 saturated carbocycles. The second-order valence-electron chi connectivity index (χ2n) is 5.38. The third-order valence-electron chi connectivity index (χ3n) is 4.05. The lowest BCUT2D eigenvalue weighted by Crippen LogP contribution is -2.35. The van der Waals surface area contributed by atoms with Gasteiger partial charge in [-0.15, -0.1) is 0 Å². The van der Waals surface area contributed by atoms with Crippen molar-refractivity contribution in [1.29, 1.82) is 0 Å². The third kappa shape index (κ3) is 2.98. The first kappa shape index (κ1) is 10.5. The van der Waals surface area contributed by atoms with Gasteiger partial charge in [-0.1, -0.05) is 26.7 Å². The van der Waals surface area contributed by atoms with E-state index in [1.54, 1.807) is 0 Å². The van der Waals surface area contributed by atoms with Crippen molar-refractivity contribution in [3.8, 4) is 0 Å². The van der Waals surface area contributed by atoms with E-state index in [0.717, 1.165) is 30.3 Å². The predicted molar refractivity (Wildman–Crippen MR) is 61.3 cm³/mol. The molecule has 1 N–H and O–H groups in total. The smallest absolute Gasteiger partial charge is 0.00953 e. The summed E-state index contributed by atoms with van der Waals surface area (Å²) < 4.78 is 0. The van der Waals surface area contributed by atoms with Crippen molar-refractivity contribution in [1.82, 2.24) is 5.32 Å². The van der Waals surface area contributed by atoms with Crippen LogP contribution in [0.3, 0.4) is 0 Å². The highest BCUT2D eigenvalue weighted by Gasteiger charge is 2.33. The summed E-state index contributed by atoms with van der Waals surface area (Å²) in [5.74, 6) is 3.08. The zero-order valence-corrected chi connectivity index (χ0v) is 9.76. The molecule has 2 fully saturated rings. The summed E-state index contributed by atoms with van der Waals surface area (Å²) >= 11 is 0. The molecule has 2 atom stereocenters. The molecule has 0 amide bonds.